The number of rotatable bonds is 9. The number of hydrogen-bond acceptors (Lipinski definition) is 0. The molecule has 2 atom stereocenters. The highest BCUT2D eigenvalue weighted by atomic mass is 14.3. The van der Waals surface area contributed by atoms with Gasteiger partial charge in [-0.25, -0.2) is 0 Å². The fraction of sp³-hybridized carbons (Fsp3) is 1.00. The van der Waals surface area contributed by atoms with Gasteiger partial charge in [0, 0.05) is 0 Å². The smallest absolute Gasteiger partial charge is 0.0354 e. The molecule has 0 fully saturated rings. The normalized spacial score (nSPS) is 16.2. The first-order valence-electron chi connectivity index (χ1n) is 9.09. The van der Waals surface area contributed by atoms with E-state index in [-0.39, 0.29) is 0 Å². The second-order valence-electron chi connectivity index (χ2n) is 9.12. The van der Waals surface area contributed by atoms with E-state index in [2.05, 4.69) is 55.4 Å². The van der Waals surface area contributed by atoms with Crippen LogP contribution in [0.2, 0.25) is 0 Å². The van der Waals surface area contributed by atoms with Gasteiger partial charge in [0.2, 0.25) is 0 Å². The van der Waals surface area contributed by atoms with Crippen LogP contribution in [0.25, 0.3) is 0 Å². The van der Waals surface area contributed by atoms with Gasteiger partial charge in [-0.15, -0.1) is 0 Å². The molecule has 0 aromatic heterocycles. The fourth-order valence-electron chi connectivity index (χ4n) is 2.86. The van der Waals surface area contributed by atoms with E-state index in [0.717, 1.165) is 11.8 Å². The zero-order valence-electron chi connectivity index (χ0n) is 15.8. The highest BCUT2D eigenvalue weighted by molar-refractivity contribution is 4.80. The van der Waals surface area contributed by atoms with Gasteiger partial charge in [0.15, 0.2) is 0 Å². The van der Waals surface area contributed by atoms with E-state index in [0.29, 0.717) is 10.8 Å². The molecule has 0 aliphatic carbocycles. The van der Waals surface area contributed by atoms with Gasteiger partial charge in [0.1, 0.15) is 0 Å². The quantitative estimate of drug-likeness (QED) is 0.385. The van der Waals surface area contributed by atoms with E-state index in [1.165, 1.54) is 51.4 Å². The standard InChI is InChI=1S/C20H42/c1-9-10-11-12-13-14-15-18(20(6,7)8)16-17(2)19(3,4)5/h17-18H,9-16H2,1-8H3. The average molecular weight is 283 g/mol. The van der Waals surface area contributed by atoms with Gasteiger partial charge in [-0.1, -0.05) is 93.9 Å². The topological polar surface area (TPSA) is 0 Å². The highest BCUT2D eigenvalue weighted by Crippen LogP contribution is 2.40. The molecule has 0 heterocycles. The van der Waals surface area contributed by atoms with Gasteiger partial charge in [0.25, 0.3) is 0 Å². The molecular formula is C20H42. The summed E-state index contributed by atoms with van der Waals surface area (Å²) in [6, 6.07) is 0. The van der Waals surface area contributed by atoms with Crippen molar-refractivity contribution in [3.8, 4) is 0 Å². The van der Waals surface area contributed by atoms with Crippen LogP contribution in [0.5, 0.6) is 0 Å². The maximum Gasteiger partial charge on any atom is -0.0354 e. The molecule has 0 rings (SSSR count). The Bertz CT molecular complexity index is 225. The molecule has 0 amide bonds. The fourth-order valence-corrected chi connectivity index (χ4v) is 2.86. The summed E-state index contributed by atoms with van der Waals surface area (Å²) < 4.78 is 0. The minimum Gasteiger partial charge on any atom is -0.0654 e. The summed E-state index contributed by atoms with van der Waals surface area (Å²) in [5.74, 6) is 1.69. The Labute approximate surface area is 130 Å². The summed E-state index contributed by atoms with van der Waals surface area (Å²) in [5.41, 5.74) is 0.910. The summed E-state index contributed by atoms with van der Waals surface area (Å²) in [4.78, 5) is 0. The Morgan fingerprint density at radius 1 is 0.700 bits per heavy atom. The monoisotopic (exact) mass is 282 g/mol. The number of unbranched alkanes of at least 4 members (excludes halogenated alkanes) is 5. The van der Waals surface area contributed by atoms with Gasteiger partial charge in [-0.2, -0.15) is 0 Å². The summed E-state index contributed by atoms with van der Waals surface area (Å²) >= 11 is 0. The van der Waals surface area contributed by atoms with Gasteiger partial charge in [0.05, 0.1) is 0 Å². The third-order valence-corrected chi connectivity index (χ3v) is 5.25. The van der Waals surface area contributed by atoms with Crippen molar-refractivity contribution >= 4 is 0 Å². The van der Waals surface area contributed by atoms with Crippen molar-refractivity contribution in [3.63, 3.8) is 0 Å². The largest absolute Gasteiger partial charge is 0.0654 e. The first kappa shape index (κ1) is 20.0. The van der Waals surface area contributed by atoms with E-state index < -0.39 is 0 Å². The molecule has 0 saturated heterocycles. The van der Waals surface area contributed by atoms with Crippen molar-refractivity contribution in [1.29, 1.82) is 0 Å². The second-order valence-corrected chi connectivity index (χ2v) is 9.12. The maximum atomic E-state index is 2.44. The van der Waals surface area contributed by atoms with Gasteiger partial charge in [-0.3, -0.25) is 0 Å². The molecule has 0 nitrogen and oxygen atoms in total. The molecular weight excluding hydrogens is 240 g/mol. The van der Waals surface area contributed by atoms with E-state index in [9.17, 15) is 0 Å². The Hall–Kier alpha value is 0. The summed E-state index contributed by atoms with van der Waals surface area (Å²) in [6.45, 7) is 19.2. The summed E-state index contributed by atoms with van der Waals surface area (Å²) in [6.07, 6.45) is 11.4. The zero-order valence-corrected chi connectivity index (χ0v) is 15.8. The lowest BCUT2D eigenvalue weighted by atomic mass is 9.69. The average Bonchev–Trinajstić information content (AvgIpc) is 2.29. The minimum atomic E-state index is 0.449. The molecule has 0 aliphatic heterocycles. The van der Waals surface area contributed by atoms with Crippen LogP contribution in [0.4, 0.5) is 0 Å². The molecule has 0 radical (unpaired) electrons. The van der Waals surface area contributed by atoms with Crippen molar-refractivity contribution in [1.82, 2.24) is 0 Å². The van der Waals surface area contributed by atoms with Crippen molar-refractivity contribution in [2.24, 2.45) is 22.7 Å². The van der Waals surface area contributed by atoms with Gasteiger partial charge < -0.3 is 0 Å². The first-order chi connectivity index (χ1) is 9.09. The molecule has 0 aromatic carbocycles. The van der Waals surface area contributed by atoms with Crippen molar-refractivity contribution in [3.05, 3.63) is 0 Å². The molecule has 0 saturated carbocycles. The first-order valence-corrected chi connectivity index (χ1v) is 9.09. The van der Waals surface area contributed by atoms with Crippen LogP contribution in [0.3, 0.4) is 0 Å². The van der Waals surface area contributed by atoms with Crippen LogP contribution in [0, 0.1) is 22.7 Å². The minimum absolute atomic E-state index is 0.449. The molecule has 20 heavy (non-hydrogen) atoms. The lowest BCUT2D eigenvalue weighted by Gasteiger charge is -2.37. The molecule has 0 aromatic rings. The third-order valence-electron chi connectivity index (χ3n) is 5.25. The SMILES string of the molecule is CCCCCCCCC(CC(C)C(C)(C)C)C(C)(C)C. The van der Waals surface area contributed by atoms with Crippen LogP contribution in [-0.4, -0.2) is 0 Å². The van der Waals surface area contributed by atoms with E-state index in [4.69, 9.17) is 0 Å². The van der Waals surface area contributed by atoms with E-state index in [1.807, 2.05) is 0 Å². The molecule has 0 heteroatoms. The predicted octanol–water partition coefficient (Wildman–Crippen LogP) is 7.47. The molecule has 0 bridgehead atoms. The lowest BCUT2D eigenvalue weighted by molar-refractivity contribution is 0.134. The lowest BCUT2D eigenvalue weighted by Crippen LogP contribution is -2.27. The van der Waals surface area contributed by atoms with Crippen molar-refractivity contribution < 1.29 is 0 Å². The Kier molecular flexibility index (Phi) is 9.11. The summed E-state index contributed by atoms with van der Waals surface area (Å²) in [5, 5.41) is 0. The Morgan fingerprint density at radius 2 is 1.20 bits per heavy atom. The third kappa shape index (κ3) is 9.03. The predicted molar refractivity (Wildman–Crippen MR) is 94.2 cm³/mol. The van der Waals surface area contributed by atoms with Gasteiger partial charge in [-0.05, 0) is 35.5 Å². The van der Waals surface area contributed by atoms with E-state index >= 15 is 0 Å². The van der Waals surface area contributed by atoms with Crippen LogP contribution < -0.4 is 0 Å². The van der Waals surface area contributed by atoms with Gasteiger partial charge >= 0.3 is 0 Å². The second kappa shape index (κ2) is 9.11. The molecule has 0 spiro atoms. The van der Waals surface area contributed by atoms with Crippen LogP contribution >= 0.6 is 0 Å². The zero-order chi connectivity index (χ0) is 15.8. The van der Waals surface area contributed by atoms with Crippen molar-refractivity contribution in [2.45, 2.75) is 107 Å². The number of hydrogen-bond donors (Lipinski definition) is 0. The highest BCUT2D eigenvalue weighted by Gasteiger charge is 2.29. The molecule has 2 unspecified atom stereocenters. The summed E-state index contributed by atoms with van der Waals surface area (Å²) in [7, 11) is 0. The Balaban J connectivity index is 4.18. The van der Waals surface area contributed by atoms with Crippen LogP contribution in [0.15, 0.2) is 0 Å². The Morgan fingerprint density at radius 3 is 1.65 bits per heavy atom. The molecule has 122 valence electrons. The maximum absolute atomic E-state index is 2.44. The molecule has 0 N–H and O–H groups in total. The van der Waals surface area contributed by atoms with E-state index in [1.54, 1.807) is 0 Å². The van der Waals surface area contributed by atoms with Crippen molar-refractivity contribution in [2.75, 3.05) is 0 Å². The van der Waals surface area contributed by atoms with Crippen LogP contribution in [-0.2, 0) is 0 Å². The van der Waals surface area contributed by atoms with Crippen LogP contribution in [0.1, 0.15) is 107 Å². The molecule has 0 aliphatic rings.